The van der Waals surface area contributed by atoms with Crippen LogP contribution in [0.2, 0.25) is 0 Å². The Hall–Kier alpha value is -3.61. The van der Waals surface area contributed by atoms with E-state index in [2.05, 4.69) is 22.3 Å². The van der Waals surface area contributed by atoms with E-state index in [9.17, 15) is 14.7 Å². The Bertz CT molecular complexity index is 1390. The third-order valence-corrected chi connectivity index (χ3v) is 7.54. The predicted molar refractivity (Wildman–Crippen MR) is 126 cm³/mol. The van der Waals surface area contributed by atoms with Gasteiger partial charge in [-0.15, -0.1) is 22.7 Å². The molecule has 1 aliphatic rings. The van der Waals surface area contributed by atoms with Crippen molar-refractivity contribution in [3.8, 4) is 22.4 Å². The number of aliphatic carboxylic acids is 1. The molecule has 1 aromatic carbocycles. The monoisotopic (exact) mass is 478 g/mol. The summed E-state index contributed by atoms with van der Waals surface area (Å²) in [5.74, 6) is 5.57. The van der Waals surface area contributed by atoms with E-state index in [1.54, 1.807) is 6.92 Å². The van der Waals surface area contributed by atoms with E-state index in [4.69, 9.17) is 9.26 Å². The lowest BCUT2D eigenvalue weighted by Gasteiger charge is -2.07. The number of aryl methyl sites for hydroxylation is 1. The highest BCUT2D eigenvalue weighted by molar-refractivity contribution is 7.29. The van der Waals surface area contributed by atoms with Gasteiger partial charge >= 0.3 is 12.1 Å². The minimum absolute atomic E-state index is 0.161. The van der Waals surface area contributed by atoms with Crippen molar-refractivity contribution in [1.82, 2.24) is 5.16 Å². The Morgan fingerprint density at radius 3 is 2.67 bits per heavy atom. The molecule has 0 bridgehead atoms. The predicted octanol–water partition coefficient (Wildman–Crippen LogP) is 5.89. The van der Waals surface area contributed by atoms with Gasteiger partial charge in [0.15, 0.2) is 5.76 Å². The summed E-state index contributed by atoms with van der Waals surface area (Å²) < 4.78 is 12.7. The third kappa shape index (κ3) is 4.35. The van der Waals surface area contributed by atoms with Crippen LogP contribution in [0.4, 0.5) is 10.5 Å². The van der Waals surface area contributed by atoms with Gasteiger partial charge in [-0.3, -0.25) is 10.1 Å². The third-order valence-electron chi connectivity index (χ3n) is 5.33. The van der Waals surface area contributed by atoms with Crippen molar-refractivity contribution < 1.29 is 24.0 Å². The normalized spacial score (nSPS) is 13.8. The number of benzene rings is 1. The molecular weight excluding hydrogens is 460 g/mol. The summed E-state index contributed by atoms with van der Waals surface area (Å²) in [4.78, 5) is 25.3. The van der Waals surface area contributed by atoms with Gasteiger partial charge in [0.2, 0.25) is 0 Å². The number of rotatable bonds is 5. The Kier molecular flexibility index (Phi) is 5.40. The number of hydrogen-bond acceptors (Lipinski definition) is 7. The average Bonchev–Trinajstić information content (AvgIpc) is 3.18. The highest BCUT2D eigenvalue weighted by Gasteiger charge is 2.49. The smallest absolute Gasteiger partial charge is 0.412 e. The van der Waals surface area contributed by atoms with E-state index in [1.807, 2.05) is 42.5 Å². The van der Waals surface area contributed by atoms with Crippen LogP contribution < -0.4 is 5.32 Å². The molecule has 1 fully saturated rings. The van der Waals surface area contributed by atoms with Crippen molar-refractivity contribution in [3.05, 3.63) is 58.7 Å². The summed E-state index contributed by atoms with van der Waals surface area (Å²) in [6, 6.07) is 13.4. The zero-order valence-electron chi connectivity index (χ0n) is 17.5. The summed E-state index contributed by atoms with van der Waals surface area (Å²) in [5.41, 5.74) is 1.03. The maximum Gasteiger partial charge on any atom is 0.412 e. The van der Waals surface area contributed by atoms with Gasteiger partial charge in [-0.2, -0.15) is 0 Å². The fourth-order valence-electron chi connectivity index (χ4n) is 3.26. The second-order valence-electron chi connectivity index (χ2n) is 7.74. The second-order valence-corrected chi connectivity index (χ2v) is 9.90. The molecule has 3 aromatic heterocycles. The first kappa shape index (κ1) is 21.2. The fourth-order valence-corrected chi connectivity index (χ4v) is 5.50. The lowest BCUT2D eigenvalue weighted by Crippen LogP contribution is -2.14. The van der Waals surface area contributed by atoms with Crippen LogP contribution in [0.25, 0.3) is 20.0 Å². The van der Waals surface area contributed by atoms with E-state index in [0.29, 0.717) is 30.0 Å². The van der Waals surface area contributed by atoms with E-state index in [0.717, 1.165) is 24.7 Å². The van der Waals surface area contributed by atoms with Gasteiger partial charge in [0.25, 0.3) is 0 Å². The number of carbonyl (C=O) groups excluding carboxylic acids is 1. The summed E-state index contributed by atoms with van der Waals surface area (Å²) in [7, 11) is 0. The Balaban J connectivity index is 1.32. The Labute approximate surface area is 197 Å². The number of ether oxygens (including phenoxy) is 1. The molecule has 166 valence electrons. The van der Waals surface area contributed by atoms with Gasteiger partial charge in [-0.05, 0) is 37.5 Å². The molecule has 0 radical (unpaired) electrons. The fraction of sp³-hybridized carbons (Fsp3) is 0.208. The van der Waals surface area contributed by atoms with E-state index in [-0.39, 0.29) is 6.61 Å². The van der Waals surface area contributed by atoms with Crippen LogP contribution in [0.3, 0.4) is 0 Å². The van der Waals surface area contributed by atoms with E-state index in [1.165, 1.54) is 22.7 Å². The number of fused-ring (bicyclic) bond motifs is 1. The van der Waals surface area contributed by atoms with Gasteiger partial charge < -0.3 is 14.4 Å². The summed E-state index contributed by atoms with van der Waals surface area (Å²) in [6.45, 7) is 1.89. The van der Waals surface area contributed by atoms with Crippen LogP contribution in [0.1, 0.15) is 29.0 Å². The van der Waals surface area contributed by atoms with Crippen molar-refractivity contribution in [2.24, 2.45) is 5.41 Å². The molecule has 5 rings (SSSR count). The number of nitrogens with zero attached hydrogens (tertiary/aromatic N) is 1. The maximum absolute atomic E-state index is 12.3. The summed E-state index contributed by atoms with van der Waals surface area (Å²) >= 11 is 3.00. The summed E-state index contributed by atoms with van der Waals surface area (Å²) in [6.07, 6.45) is 0.623. The lowest BCUT2D eigenvalue weighted by molar-refractivity contribution is -0.141. The van der Waals surface area contributed by atoms with Crippen LogP contribution in [0.5, 0.6) is 0 Å². The number of carboxylic acid groups (broad SMARTS) is 1. The largest absolute Gasteiger partial charge is 0.480 e. The van der Waals surface area contributed by atoms with Crippen molar-refractivity contribution >= 4 is 49.8 Å². The van der Waals surface area contributed by atoms with Crippen LogP contribution in [0, 0.1) is 24.2 Å². The molecule has 2 N–H and O–H groups in total. The van der Waals surface area contributed by atoms with Gasteiger partial charge in [-0.25, -0.2) is 4.79 Å². The van der Waals surface area contributed by atoms with Crippen molar-refractivity contribution in [3.63, 3.8) is 0 Å². The van der Waals surface area contributed by atoms with Crippen LogP contribution >= 0.6 is 22.7 Å². The number of amides is 1. The van der Waals surface area contributed by atoms with Crippen molar-refractivity contribution in [1.29, 1.82) is 0 Å². The molecule has 0 saturated heterocycles. The molecule has 4 aromatic rings. The van der Waals surface area contributed by atoms with E-state index < -0.39 is 17.5 Å². The number of thiophene rings is 2. The molecule has 0 unspecified atom stereocenters. The molecule has 1 aliphatic carbocycles. The topological polar surface area (TPSA) is 102 Å². The first-order valence-electron chi connectivity index (χ1n) is 10.2. The molecule has 3 heterocycles. The first-order chi connectivity index (χ1) is 15.9. The number of carbonyl (C=O) groups is 2. The lowest BCUT2D eigenvalue weighted by atomic mass is 10.1. The second kappa shape index (κ2) is 8.39. The standard InChI is InChI=1S/C24H18N2O5S2/c1-14-20(25-23(29)30-13-15-5-3-2-4-6-15)21(26-31-14)19-12-18-17(33-19)11-16(32-18)7-8-24(9-10-24)22(27)28/h2-6,11-12H,9-10,13H2,1H3,(H,25,29)(H,27,28). The Morgan fingerprint density at radius 1 is 1.21 bits per heavy atom. The molecule has 0 aliphatic heterocycles. The van der Waals surface area contributed by atoms with Crippen LogP contribution in [-0.4, -0.2) is 22.3 Å². The number of nitrogens with one attached hydrogen (secondary N) is 1. The molecule has 0 spiro atoms. The molecule has 9 heteroatoms. The molecule has 33 heavy (non-hydrogen) atoms. The highest BCUT2D eigenvalue weighted by Crippen LogP contribution is 2.46. The number of anilines is 1. The average molecular weight is 479 g/mol. The summed E-state index contributed by atoms with van der Waals surface area (Å²) in [5, 5.41) is 16.1. The quantitative estimate of drug-likeness (QED) is 0.347. The zero-order chi connectivity index (χ0) is 23.0. The molecule has 1 amide bonds. The molecule has 1 saturated carbocycles. The zero-order valence-corrected chi connectivity index (χ0v) is 19.1. The van der Waals surface area contributed by atoms with Gasteiger partial charge in [-0.1, -0.05) is 47.3 Å². The van der Waals surface area contributed by atoms with Gasteiger partial charge in [0.05, 0.1) is 9.75 Å². The first-order valence-corrected chi connectivity index (χ1v) is 11.8. The number of carboxylic acids is 1. The van der Waals surface area contributed by atoms with Crippen LogP contribution in [0.15, 0.2) is 47.0 Å². The van der Waals surface area contributed by atoms with E-state index >= 15 is 0 Å². The molecule has 0 atom stereocenters. The van der Waals surface area contributed by atoms with Crippen molar-refractivity contribution in [2.75, 3.05) is 5.32 Å². The SMILES string of the molecule is Cc1onc(-c2cc3sc(C#CC4(C(=O)O)CC4)cc3s2)c1NC(=O)OCc1ccccc1. The van der Waals surface area contributed by atoms with Crippen molar-refractivity contribution in [2.45, 2.75) is 26.4 Å². The van der Waals surface area contributed by atoms with Gasteiger partial charge in [0, 0.05) is 9.40 Å². The number of aromatic nitrogens is 1. The minimum Gasteiger partial charge on any atom is -0.480 e. The minimum atomic E-state index is -0.865. The highest BCUT2D eigenvalue weighted by atomic mass is 32.1. The number of hydrogen-bond donors (Lipinski definition) is 2. The molecular formula is C24H18N2O5S2. The van der Waals surface area contributed by atoms with Gasteiger partial charge in [0.1, 0.15) is 23.4 Å². The maximum atomic E-state index is 12.3. The Morgan fingerprint density at radius 2 is 1.97 bits per heavy atom. The van der Waals surface area contributed by atoms with Crippen LogP contribution in [-0.2, 0) is 16.1 Å². The molecule has 7 nitrogen and oxygen atoms in total.